The van der Waals surface area contributed by atoms with Gasteiger partial charge in [-0.3, -0.25) is 0 Å². The van der Waals surface area contributed by atoms with Gasteiger partial charge in [-0.15, -0.1) is 0 Å². The van der Waals surface area contributed by atoms with Crippen LogP contribution in [0, 0.1) is 0 Å². The molecule has 15 heavy (non-hydrogen) atoms. The molecule has 0 saturated carbocycles. The number of aryl methyl sites for hydroxylation is 1. The van der Waals surface area contributed by atoms with Gasteiger partial charge >= 0.3 is 0 Å². The van der Waals surface area contributed by atoms with E-state index in [-0.39, 0.29) is 12.6 Å². The lowest BCUT2D eigenvalue weighted by Crippen LogP contribution is -2.34. The van der Waals surface area contributed by atoms with Gasteiger partial charge in [-0.1, -0.05) is 24.3 Å². The normalized spacial score (nSPS) is 22.1. The molecule has 0 aliphatic heterocycles. The molecule has 2 rings (SSSR count). The van der Waals surface area contributed by atoms with Crippen LogP contribution in [0.25, 0.3) is 0 Å². The minimum absolute atomic E-state index is 0.182. The van der Waals surface area contributed by atoms with Crippen LogP contribution < -0.4 is 5.32 Å². The topological polar surface area (TPSA) is 32.3 Å². The first kappa shape index (κ1) is 10.7. The molecule has 0 bridgehead atoms. The van der Waals surface area contributed by atoms with Crippen LogP contribution in [0.1, 0.15) is 36.9 Å². The van der Waals surface area contributed by atoms with Crippen LogP contribution in [0.2, 0.25) is 0 Å². The van der Waals surface area contributed by atoms with Crippen molar-refractivity contribution in [3.8, 4) is 0 Å². The van der Waals surface area contributed by atoms with Gasteiger partial charge in [-0.25, -0.2) is 0 Å². The second-order valence-corrected chi connectivity index (χ2v) is 4.39. The average molecular weight is 205 g/mol. The van der Waals surface area contributed by atoms with Crippen molar-refractivity contribution in [2.75, 3.05) is 6.61 Å². The van der Waals surface area contributed by atoms with E-state index in [1.54, 1.807) is 0 Å². The average Bonchev–Trinajstić information content (AvgIpc) is 2.29. The molecular weight excluding hydrogens is 186 g/mol. The first-order chi connectivity index (χ1) is 7.31. The molecule has 2 atom stereocenters. The molecule has 2 nitrogen and oxygen atoms in total. The van der Waals surface area contributed by atoms with Gasteiger partial charge in [-0.05, 0) is 37.3 Å². The summed E-state index contributed by atoms with van der Waals surface area (Å²) in [7, 11) is 0. The molecule has 2 heteroatoms. The highest BCUT2D eigenvalue weighted by Crippen LogP contribution is 2.29. The Morgan fingerprint density at radius 3 is 3.07 bits per heavy atom. The van der Waals surface area contributed by atoms with Crippen LogP contribution in [0.3, 0.4) is 0 Å². The van der Waals surface area contributed by atoms with Crippen LogP contribution >= 0.6 is 0 Å². The Labute approximate surface area is 91.3 Å². The standard InChI is InChI=1S/C13H19NO/c1-10(9-15)14-13-8-4-6-11-5-2-3-7-12(11)13/h2-3,5,7,10,13-15H,4,6,8-9H2,1H3/t10-,13+/m0/s1. The third-order valence-electron chi connectivity index (χ3n) is 3.13. The van der Waals surface area contributed by atoms with Crippen molar-refractivity contribution in [1.82, 2.24) is 5.32 Å². The smallest absolute Gasteiger partial charge is 0.0582 e. The van der Waals surface area contributed by atoms with Crippen molar-refractivity contribution < 1.29 is 5.11 Å². The molecule has 82 valence electrons. The molecule has 0 unspecified atom stereocenters. The summed E-state index contributed by atoms with van der Waals surface area (Å²) in [6.45, 7) is 2.23. The van der Waals surface area contributed by atoms with Crippen molar-refractivity contribution in [1.29, 1.82) is 0 Å². The second kappa shape index (κ2) is 4.77. The SMILES string of the molecule is C[C@@H](CO)N[C@@H]1CCCc2ccccc21. The number of benzene rings is 1. The number of fused-ring (bicyclic) bond motifs is 1. The fourth-order valence-electron chi connectivity index (χ4n) is 2.32. The van der Waals surface area contributed by atoms with E-state index in [0.29, 0.717) is 6.04 Å². The summed E-state index contributed by atoms with van der Waals surface area (Å²) < 4.78 is 0. The van der Waals surface area contributed by atoms with Crippen LogP contribution in [0.5, 0.6) is 0 Å². The van der Waals surface area contributed by atoms with Gasteiger partial charge in [0.2, 0.25) is 0 Å². The summed E-state index contributed by atoms with van der Waals surface area (Å²) in [6, 6.07) is 9.24. The third-order valence-corrected chi connectivity index (χ3v) is 3.13. The van der Waals surface area contributed by atoms with E-state index in [4.69, 9.17) is 5.11 Å². The largest absolute Gasteiger partial charge is 0.395 e. The maximum Gasteiger partial charge on any atom is 0.0582 e. The van der Waals surface area contributed by atoms with Crippen LogP contribution in [0.15, 0.2) is 24.3 Å². The van der Waals surface area contributed by atoms with Gasteiger partial charge in [0.25, 0.3) is 0 Å². The molecule has 1 aromatic rings. The summed E-state index contributed by atoms with van der Waals surface area (Å²) >= 11 is 0. The third kappa shape index (κ3) is 2.39. The molecule has 1 aromatic carbocycles. The highest BCUT2D eigenvalue weighted by molar-refractivity contribution is 5.32. The van der Waals surface area contributed by atoms with E-state index in [2.05, 4.69) is 29.6 Å². The number of rotatable bonds is 3. The Morgan fingerprint density at radius 2 is 2.27 bits per heavy atom. The van der Waals surface area contributed by atoms with Crippen LogP contribution in [-0.2, 0) is 6.42 Å². The molecule has 2 N–H and O–H groups in total. The summed E-state index contributed by atoms with van der Waals surface area (Å²) in [5.74, 6) is 0. The second-order valence-electron chi connectivity index (χ2n) is 4.39. The first-order valence-corrected chi connectivity index (χ1v) is 5.76. The fraction of sp³-hybridized carbons (Fsp3) is 0.538. The van der Waals surface area contributed by atoms with E-state index in [9.17, 15) is 0 Å². The molecule has 0 spiro atoms. The quantitative estimate of drug-likeness (QED) is 0.791. The lowest BCUT2D eigenvalue weighted by molar-refractivity contribution is 0.236. The molecule has 0 saturated heterocycles. The predicted molar refractivity (Wildman–Crippen MR) is 61.8 cm³/mol. The highest BCUT2D eigenvalue weighted by atomic mass is 16.3. The summed E-state index contributed by atoms with van der Waals surface area (Å²) in [4.78, 5) is 0. The van der Waals surface area contributed by atoms with Gasteiger partial charge < -0.3 is 10.4 Å². The minimum Gasteiger partial charge on any atom is -0.395 e. The molecular formula is C13H19NO. The Morgan fingerprint density at radius 1 is 1.47 bits per heavy atom. The zero-order valence-corrected chi connectivity index (χ0v) is 9.24. The summed E-state index contributed by atoms with van der Waals surface area (Å²) in [6.07, 6.45) is 3.62. The Kier molecular flexibility index (Phi) is 3.39. The number of hydrogen-bond acceptors (Lipinski definition) is 2. The molecule has 0 amide bonds. The Hall–Kier alpha value is -0.860. The van der Waals surface area contributed by atoms with Gasteiger partial charge in [0.05, 0.1) is 6.61 Å². The maximum absolute atomic E-state index is 9.05. The highest BCUT2D eigenvalue weighted by Gasteiger charge is 2.20. The number of hydrogen-bond donors (Lipinski definition) is 2. The van der Waals surface area contributed by atoms with Gasteiger partial charge in [0, 0.05) is 12.1 Å². The van der Waals surface area contributed by atoms with E-state index in [1.165, 1.54) is 30.4 Å². The molecule has 1 aliphatic carbocycles. The fourth-order valence-corrected chi connectivity index (χ4v) is 2.32. The van der Waals surface area contributed by atoms with E-state index >= 15 is 0 Å². The van der Waals surface area contributed by atoms with Crippen LogP contribution in [0.4, 0.5) is 0 Å². The number of nitrogens with one attached hydrogen (secondary N) is 1. The van der Waals surface area contributed by atoms with Crippen molar-refractivity contribution in [2.24, 2.45) is 0 Å². The number of aliphatic hydroxyl groups excluding tert-OH is 1. The van der Waals surface area contributed by atoms with Crippen molar-refractivity contribution in [3.63, 3.8) is 0 Å². The lowest BCUT2D eigenvalue weighted by Gasteiger charge is -2.28. The van der Waals surface area contributed by atoms with E-state index in [0.717, 1.165) is 0 Å². The summed E-state index contributed by atoms with van der Waals surface area (Å²) in [5.41, 5.74) is 2.88. The van der Waals surface area contributed by atoms with E-state index in [1.807, 2.05) is 6.92 Å². The van der Waals surface area contributed by atoms with Crippen molar-refractivity contribution >= 4 is 0 Å². The summed E-state index contributed by atoms with van der Waals surface area (Å²) in [5, 5.41) is 12.5. The molecule has 0 radical (unpaired) electrons. The molecule has 1 aliphatic rings. The van der Waals surface area contributed by atoms with Crippen LogP contribution in [-0.4, -0.2) is 17.8 Å². The zero-order valence-electron chi connectivity index (χ0n) is 9.24. The van der Waals surface area contributed by atoms with Gasteiger partial charge in [0.15, 0.2) is 0 Å². The Balaban J connectivity index is 2.15. The Bertz CT molecular complexity index is 324. The van der Waals surface area contributed by atoms with E-state index < -0.39 is 0 Å². The zero-order chi connectivity index (χ0) is 10.7. The van der Waals surface area contributed by atoms with Gasteiger partial charge in [-0.2, -0.15) is 0 Å². The van der Waals surface area contributed by atoms with Crippen molar-refractivity contribution in [3.05, 3.63) is 35.4 Å². The van der Waals surface area contributed by atoms with Crippen molar-refractivity contribution in [2.45, 2.75) is 38.3 Å². The number of aliphatic hydroxyl groups is 1. The predicted octanol–water partition coefficient (Wildman–Crippen LogP) is 2.03. The lowest BCUT2D eigenvalue weighted by atomic mass is 9.87. The minimum atomic E-state index is 0.182. The molecule has 0 fully saturated rings. The molecule has 0 aromatic heterocycles. The first-order valence-electron chi connectivity index (χ1n) is 5.76. The van der Waals surface area contributed by atoms with Gasteiger partial charge in [0.1, 0.15) is 0 Å². The molecule has 0 heterocycles. The monoisotopic (exact) mass is 205 g/mol. The maximum atomic E-state index is 9.05.